The quantitative estimate of drug-likeness (QED) is 0.832. The number of hydrogen-bond donors (Lipinski definition) is 1. The number of halogens is 1. The summed E-state index contributed by atoms with van der Waals surface area (Å²) in [5.74, 6) is -0.680. The van der Waals surface area contributed by atoms with Crippen molar-refractivity contribution in [3.63, 3.8) is 0 Å². The summed E-state index contributed by atoms with van der Waals surface area (Å²) in [4.78, 5) is 25.3. The number of rotatable bonds is 7. The van der Waals surface area contributed by atoms with E-state index in [4.69, 9.17) is 5.26 Å². The van der Waals surface area contributed by atoms with Gasteiger partial charge >= 0.3 is 0 Å². The maximum absolute atomic E-state index is 13.5. The first-order chi connectivity index (χ1) is 12.5. The Morgan fingerprint density at radius 1 is 1.15 bits per heavy atom. The molecule has 26 heavy (non-hydrogen) atoms. The van der Waals surface area contributed by atoms with Crippen LogP contribution in [-0.2, 0) is 16.0 Å². The molecule has 0 bridgehead atoms. The fraction of sp³-hybridized carbons (Fsp3) is 0.250. The molecule has 0 saturated carbocycles. The van der Waals surface area contributed by atoms with Gasteiger partial charge in [0.2, 0.25) is 11.8 Å². The molecular weight excluding hydrogens is 333 g/mol. The number of amides is 2. The number of carbonyl (C=O) groups excluding carboxylic acids is 2. The monoisotopic (exact) mass is 353 g/mol. The van der Waals surface area contributed by atoms with E-state index in [1.165, 1.54) is 17.9 Å². The van der Waals surface area contributed by atoms with Crippen molar-refractivity contribution in [2.24, 2.45) is 0 Å². The largest absolute Gasteiger partial charge is 0.356 e. The maximum atomic E-state index is 13.5. The summed E-state index contributed by atoms with van der Waals surface area (Å²) in [5.41, 5.74) is 1.69. The zero-order valence-corrected chi connectivity index (χ0v) is 14.5. The van der Waals surface area contributed by atoms with Gasteiger partial charge in [0.1, 0.15) is 5.82 Å². The van der Waals surface area contributed by atoms with E-state index < -0.39 is 0 Å². The Kier molecular flexibility index (Phi) is 6.86. The second-order valence-electron chi connectivity index (χ2n) is 5.77. The van der Waals surface area contributed by atoms with Gasteiger partial charge in [-0.3, -0.25) is 9.59 Å². The normalized spacial score (nSPS) is 10.0. The maximum Gasteiger partial charge on any atom is 0.223 e. The van der Waals surface area contributed by atoms with Crippen LogP contribution < -0.4 is 10.2 Å². The summed E-state index contributed by atoms with van der Waals surface area (Å²) in [6, 6.07) is 15.1. The van der Waals surface area contributed by atoms with Crippen LogP contribution in [0.2, 0.25) is 0 Å². The van der Waals surface area contributed by atoms with Gasteiger partial charge in [-0.1, -0.05) is 18.2 Å². The average molecular weight is 353 g/mol. The highest BCUT2D eigenvalue weighted by molar-refractivity contribution is 5.92. The van der Waals surface area contributed by atoms with Gasteiger partial charge in [0.25, 0.3) is 0 Å². The molecule has 0 aromatic heterocycles. The molecule has 2 rings (SSSR count). The molecule has 1 N–H and O–H groups in total. The summed E-state index contributed by atoms with van der Waals surface area (Å²) >= 11 is 0. The molecule has 0 radical (unpaired) electrons. The van der Waals surface area contributed by atoms with Crippen molar-refractivity contribution in [3.8, 4) is 6.07 Å². The third kappa shape index (κ3) is 5.42. The molecule has 0 heterocycles. The first-order valence-corrected chi connectivity index (χ1v) is 8.29. The van der Waals surface area contributed by atoms with Gasteiger partial charge in [0, 0.05) is 32.1 Å². The van der Waals surface area contributed by atoms with E-state index in [2.05, 4.69) is 5.32 Å². The van der Waals surface area contributed by atoms with Gasteiger partial charge < -0.3 is 10.2 Å². The Bertz CT molecular complexity index is 813. The summed E-state index contributed by atoms with van der Waals surface area (Å²) < 4.78 is 13.5. The van der Waals surface area contributed by atoms with E-state index in [9.17, 15) is 14.0 Å². The molecule has 0 atom stereocenters. The molecule has 2 amide bonds. The fourth-order valence-corrected chi connectivity index (χ4v) is 2.52. The third-order valence-corrected chi connectivity index (χ3v) is 3.93. The number of benzene rings is 2. The highest BCUT2D eigenvalue weighted by atomic mass is 19.1. The van der Waals surface area contributed by atoms with Crippen molar-refractivity contribution < 1.29 is 14.0 Å². The predicted octanol–water partition coefficient (Wildman–Crippen LogP) is 2.80. The Hall–Kier alpha value is -3.20. The lowest BCUT2D eigenvalue weighted by molar-refractivity contribution is -0.121. The van der Waals surface area contributed by atoms with Crippen LogP contribution in [0.5, 0.6) is 0 Å². The van der Waals surface area contributed by atoms with Gasteiger partial charge in [-0.25, -0.2) is 4.39 Å². The number of nitriles is 1. The predicted molar refractivity (Wildman–Crippen MR) is 96.9 cm³/mol. The van der Waals surface area contributed by atoms with Gasteiger partial charge in [-0.2, -0.15) is 5.26 Å². The molecule has 0 unspecified atom stereocenters. The van der Waals surface area contributed by atoms with Crippen LogP contribution in [0.25, 0.3) is 0 Å². The minimum Gasteiger partial charge on any atom is -0.356 e. The molecule has 0 fully saturated rings. The van der Waals surface area contributed by atoms with Gasteiger partial charge in [0.05, 0.1) is 11.6 Å². The van der Waals surface area contributed by atoms with E-state index in [1.807, 2.05) is 6.07 Å². The molecule has 5 nitrogen and oxygen atoms in total. The van der Waals surface area contributed by atoms with Crippen LogP contribution >= 0.6 is 0 Å². The van der Waals surface area contributed by atoms with Crippen LogP contribution in [-0.4, -0.2) is 24.9 Å². The molecule has 6 heteroatoms. The summed E-state index contributed by atoms with van der Waals surface area (Å²) in [7, 11) is 0. The van der Waals surface area contributed by atoms with E-state index in [0.717, 1.165) is 0 Å². The zero-order chi connectivity index (χ0) is 18.9. The van der Waals surface area contributed by atoms with Crippen molar-refractivity contribution in [3.05, 3.63) is 65.5 Å². The molecular formula is C20H20FN3O2. The highest BCUT2D eigenvalue weighted by Gasteiger charge is 2.13. The lowest BCUT2D eigenvalue weighted by Crippen LogP contribution is -2.34. The van der Waals surface area contributed by atoms with E-state index in [-0.39, 0.29) is 30.6 Å². The molecule has 2 aromatic carbocycles. The molecule has 134 valence electrons. The number of hydrogen-bond acceptors (Lipinski definition) is 3. The van der Waals surface area contributed by atoms with Crippen LogP contribution in [0.1, 0.15) is 24.5 Å². The molecule has 0 aliphatic rings. The number of nitrogens with zero attached hydrogens (tertiary/aromatic N) is 2. The van der Waals surface area contributed by atoms with Crippen LogP contribution in [0.4, 0.5) is 10.1 Å². The first kappa shape index (κ1) is 19.1. The first-order valence-electron chi connectivity index (χ1n) is 8.29. The summed E-state index contributed by atoms with van der Waals surface area (Å²) in [5, 5.41) is 11.6. The van der Waals surface area contributed by atoms with Gasteiger partial charge in [0.15, 0.2) is 0 Å². The topological polar surface area (TPSA) is 73.2 Å². The zero-order valence-electron chi connectivity index (χ0n) is 14.5. The Morgan fingerprint density at radius 3 is 2.46 bits per heavy atom. The van der Waals surface area contributed by atoms with Crippen LogP contribution in [0.3, 0.4) is 0 Å². The average Bonchev–Trinajstić information content (AvgIpc) is 2.64. The Balaban J connectivity index is 1.84. The van der Waals surface area contributed by atoms with E-state index in [1.54, 1.807) is 42.5 Å². The second-order valence-corrected chi connectivity index (χ2v) is 5.77. The molecule has 0 saturated heterocycles. The lowest BCUT2D eigenvalue weighted by Gasteiger charge is -2.21. The van der Waals surface area contributed by atoms with Crippen molar-refractivity contribution in [1.29, 1.82) is 5.26 Å². The minimum atomic E-state index is -0.287. The van der Waals surface area contributed by atoms with Crippen LogP contribution in [0, 0.1) is 17.1 Å². The number of nitrogens with one attached hydrogen (secondary N) is 1. The third-order valence-electron chi connectivity index (χ3n) is 3.93. The molecule has 0 aliphatic heterocycles. The molecule has 0 spiro atoms. The summed E-state index contributed by atoms with van der Waals surface area (Å²) in [6.45, 7) is 1.98. The molecule has 2 aromatic rings. The standard InChI is InChI=1S/C20H20FN3O2/c1-15(25)24(18-8-6-16(14-22)7-9-18)13-11-20(26)23-12-10-17-4-2-3-5-19(17)21/h2-9H,10-13H2,1H3,(H,23,26). The van der Waals surface area contributed by atoms with Crippen molar-refractivity contribution in [1.82, 2.24) is 5.32 Å². The highest BCUT2D eigenvalue weighted by Crippen LogP contribution is 2.15. The van der Waals surface area contributed by atoms with Crippen LogP contribution in [0.15, 0.2) is 48.5 Å². The molecule has 0 aliphatic carbocycles. The van der Waals surface area contributed by atoms with Crippen molar-refractivity contribution in [2.45, 2.75) is 19.8 Å². The Labute approximate surface area is 152 Å². The second kappa shape index (κ2) is 9.33. The van der Waals surface area contributed by atoms with Crippen molar-refractivity contribution in [2.75, 3.05) is 18.0 Å². The minimum absolute atomic E-state index is 0.136. The lowest BCUT2D eigenvalue weighted by atomic mass is 10.1. The SMILES string of the molecule is CC(=O)N(CCC(=O)NCCc1ccccc1F)c1ccc(C#N)cc1. The van der Waals surface area contributed by atoms with E-state index >= 15 is 0 Å². The van der Waals surface area contributed by atoms with Gasteiger partial charge in [-0.15, -0.1) is 0 Å². The summed E-state index contributed by atoms with van der Waals surface area (Å²) in [6.07, 6.45) is 0.543. The fourth-order valence-electron chi connectivity index (χ4n) is 2.52. The number of carbonyl (C=O) groups is 2. The van der Waals surface area contributed by atoms with Gasteiger partial charge in [-0.05, 0) is 42.3 Å². The van der Waals surface area contributed by atoms with E-state index in [0.29, 0.717) is 29.8 Å². The number of anilines is 1. The Morgan fingerprint density at radius 2 is 1.85 bits per heavy atom. The smallest absolute Gasteiger partial charge is 0.223 e. The van der Waals surface area contributed by atoms with Crippen molar-refractivity contribution >= 4 is 17.5 Å².